The van der Waals surface area contributed by atoms with Gasteiger partial charge in [-0.2, -0.15) is 0 Å². The van der Waals surface area contributed by atoms with Gasteiger partial charge in [-0.25, -0.2) is 0 Å². The van der Waals surface area contributed by atoms with E-state index < -0.39 is 0 Å². The van der Waals surface area contributed by atoms with E-state index >= 15 is 0 Å². The zero-order valence-corrected chi connectivity index (χ0v) is 9.18. The van der Waals surface area contributed by atoms with Gasteiger partial charge in [-0.05, 0) is 20.8 Å². The third kappa shape index (κ3) is 5.53. The van der Waals surface area contributed by atoms with Gasteiger partial charge in [-0.3, -0.25) is 14.9 Å². The van der Waals surface area contributed by atoms with Gasteiger partial charge >= 0.3 is 0 Å². The average molecular weight is 201 g/mol. The van der Waals surface area contributed by atoms with Crippen LogP contribution < -0.4 is 16.0 Å². The van der Waals surface area contributed by atoms with Gasteiger partial charge < -0.3 is 10.6 Å². The van der Waals surface area contributed by atoms with Crippen molar-refractivity contribution in [2.45, 2.75) is 32.9 Å². The summed E-state index contributed by atoms with van der Waals surface area (Å²) < 4.78 is 0. The van der Waals surface area contributed by atoms with E-state index in [4.69, 9.17) is 0 Å². The minimum Gasteiger partial charge on any atom is -0.358 e. The molecule has 0 fully saturated rings. The van der Waals surface area contributed by atoms with Crippen molar-refractivity contribution in [3.63, 3.8) is 0 Å². The topological polar surface area (TPSA) is 70.2 Å². The molecular formula is C9H19N3O2. The van der Waals surface area contributed by atoms with E-state index in [2.05, 4.69) is 16.0 Å². The first-order valence-electron chi connectivity index (χ1n) is 4.71. The van der Waals surface area contributed by atoms with Gasteiger partial charge in [0.05, 0.1) is 12.6 Å². The van der Waals surface area contributed by atoms with Crippen LogP contribution in [-0.2, 0) is 9.59 Å². The Hall–Kier alpha value is -1.10. The highest BCUT2D eigenvalue weighted by Crippen LogP contribution is 1.81. The number of carbonyl (C=O) groups excluding carboxylic acids is 2. The van der Waals surface area contributed by atoms with E-state index in [9.17, 15) is 9.59 Å². The molecule has 5 nitrogen and oxygen atoms in total. The Labute approximate surface area is 84.6 Å². The molecule has 14 heavy (non-hydrogen) atoms. The highest BCUT2D eigenvalue weighted by atomic mass is 16.2. The summed E-state index contributed by atoms with van der Waals surface area (Å²) >= 11 is 0. The van der Waals surface area contributed by atoms with Crippen LogP contribution in [0.4, 0.5) is 0 Å². The zero-order valence-electron chi connectivity index (χ0n) is 9.18. The Morgan fingerprint density at radius 3 is 2.21 bits per heavy atom. The van der Waals surface area contributed by atoms with E-state index in [0.717, 1.165) is 0 Å². The molecule has 0 aliphatic carbocycles. The number of hydrogen-bond acceptors (Lipinski definition) is 3. The fourth-order valence-corrected chi connectivity index (χ4v) is 0.928. The van der Waals surface area contributed by atoms with Crippen molar-refractivity contribution in [3.8, 4) is 0 Å². The van der Waals surface area contributed by atoms with Gasteiger partial charge in [0.1, 0.15) is 0 Å². The summed E-state index contributed by atoms with van der Waals surface area (Å²) in [5.74, 6) is -0.224. The summed E-state index contributed by atoms with van der Waals surface area (Å²) in [5.41, 5.74) is 0. The second kappa shape index (κ2) is 6.37. The normalized spacial score (nSPS) is 12.4. The Morgan fingerprint density at radius 2 is 1.79 bits per heavy atom. The number of hydrogen-bond donors (Lipinski definition) is 3. The fourth-order valence-electron chi connectivity index (χ4n) is 0.928. The largest absolute Gasteiger partial charge is 0.358 e. The molecule has 0 aliphatic rings. The third-order valence-corrected chi connectivity index (χ3v) is 1.66. The van der Waals surface area contributed by atoms with E-state index in [-0.39, 0.29) is 30.4 Å². The second-order valence-electron chi connectivity index (χ2n) is 3.44. The summed E-state index contributed by atoms with van der Waals surface area (Å²) in [4.78, 5) is 22.2. The van der Waals surface area contributed by atoms with Crippen LogP contribution in [0.1, 0.15) is 20.8 Å². The van der Waals surface area contributed by atoms with Crippen LogP contribution in [0.15, 0.2) is 0 Å². The average Bonchev–Trinajstić information content (AvgIpc) is 2.11. The van der Waals surface area contributed by atoms with Crippen molar-refractivity contribution in [3.05, 3.63) is 0 Å². The van der Waals surface area contributed by atoms with E-state index in [1.165, 1.54) is 0 Å². The first kappa shape index (κ1) is 12.9. The van der Waals surface area contributed by atoms with E-state index in [1.54, 1.807) is 14.0 Å². The van der Waals surface area contributed by atoms with Crippen molar-refractivity contribution in [1.82, 2.24) is 16.0 Å². The quantitative estimate of drug-likeness (QED) is 0.547. The Bertz CT molecular complexity index is 204. The minimum absolute atomic E-state index is 0.101. The number of rotatable bonds is 5. The summed E-state index contributed by atoms with van der Waals surface area (Å²) in [6.45, 7) is 5.65. The minimum atomic E-state index is -0.349. The monoisotopic (exact) mass is 201 g/mol. The number of carbonyl (C=O) groups is 2. The van der Waals surface area contributed by atoms with E-state index in [0.29, 0.717) is 0 Å². The van der Waals surface area contributed by atoms with Crippen molar-refractivity contribution < 1.29 is 9.59 Å². The first-order chi connectivity index (χ1) is 6.47. The molecule has 5 heteroatoms. The zero-order chi connectivity index (χ0) is 11.1. The van der Waals surface area contributed by atoms with Gasteiger partial charge in [-0.1, -0.05) is 0 Å². The number of amides is 2. The summed E-state index contributed by atoms with van der Waals surface area (Å²) in [7, 11) is 1.56. The molecule has 0 bridgehead atoms. The molecule has 1 atom stereocenters. The maximum Gasteiger partial charge on any atom is 0.236 e. The third-order valence-electron chi connectivity index (χ3n) is 1.66. The van der Waals surface area contributed by atoms with Crippen LogP contribution in [0.3, 0.4) is 0 Å². The molecule has 0 rings (SSSR count). The van der Waals surface area contributed by atoms with Crippen molar-refractivity contribution in [2.24, 2.45) is 0 Å². The van der Waals surface area contributed by atoms with Crippen molar-refractivity contribution in [2.75, 3.05) is 13.6 Å². The lowest BCUT2D eigenvalue weighted by molar-refractivity contribution is -0.123. The molecule has 3 N–H and O–H groups in total. The molecule has 0 aromatic heterocycles. The molecule has 0 aliphatic heterocycles. The van der Waals surface area contributed by atoms with Crippen LogP contribution in [0.25, 0.3) is 0 Å². The van der Waals surface area contributed by atoms with Gasteiger partial charge in [0.25, 0.3) is 0 Å². The second-order valence-corrected chi connectivity index (χ2v) is 3.44. The Balaban J connectivity index is 3.71. The molecule has 0 spiro atoms. The Morgan fingerprint density at radius 1 is 1.21 bits per heavy atom. The fraction of sp³-hybridized carbons (Fsp3) is 0.778. The lowest BCUT2D eigenvalue weighted by Crippen LogP contribution is -2.46. The van der Waals surface area contributed by atoms with Crippen LogP contribution in [0.2, 0.25) is 0 Å². The van der Waals surface area contributed by atoms with Gasteiger partial charge in [0, 0.05) is 13.1 Å². The van der Waals surface area contributed by atoms with Crippen molar-refractivity contribution >= 4 is 11.8 Å². The van der Waals surface area contributed by atoms with Gasteiger partial charge in [0.2, 0.25) is 11.8 Å². The summed E-state index contributed by atoms with van der Waals surface area (Å²) in [6, 6.07) is -0.225. The van der Waals surface area contributed by atoms with Gasteiger partial charge in [-0.15, -0.1) is 0 Å². The highest BCUT2D eigenvalue weighted by Gasteiger charge is 2.11. The van der Waals surface area contributed by atoms with Crippen LogP contribution in [-0.4, -0.2) is 37.5 Å². The predicted molar refractivity (Wildman–Crippen MR) is 54.8 cm³/mol. The van der Waals surface area contributed by atoms with E-state index in [1.807, 2.05) is 13.8 Å². The molecule has 2 amide bonds. The predicted octanol–water partition coefficient (Wildman–Crippen LogP) is -0.765. The smallest absolute Gasteiger partial charge is 0.236 e. The lowest BCUT2D eigenvalue weighted by atomic mass is 10.3. The Kier molecular flexibility index (Phi) is 5.87. The lowest BCUT2D eigenvalue weighted by Gasteiger charge is -2.13. The number of likely N-dealkylation sites (N-methyl/N-ethyl adjacent to an activating group) is 1. The molecule has 0 radical (unpaired) electrons. The van der Waals surface area contributed by atoms with Crippen LogP contribution in [0, 0.1) is 0 Å². The van der Waals surface area contributed by atoms with Gasteiger partial charge in [0.15, 0.2) is 0 Å². The molecule has 0 heterocycles. The maximum atomic E-state index is 11.2. The summed E-state index contributed by atoms with van der Waals surface area (Å²) in [5, 5.41) is 8.03. The number of nitrogens with one attached hydrogen (secondary N) is 3. The molecule has 0 aromatic carbocycles. The molecule has 0 saturated carbocycles. The standard InChI is InChI=1S/C9H19N3O2/c1-6(2)12-8(13)5-11-7(3)9(14)10-4/h6-7,11H,5H2,1-4H3,(H,10,14)(H,12,13). The molecule has 82 valence electrons. The van der Waals surface area contributed by atoms with Crippen LogP contribution >= 0.6 is 0 Å². The summed E-state index contributed by atoms with van der Waals surface area (Å²) in [6.07, 6.45) is 0. The highest BCUT2D eigenvalue weighted by molar-refractivity contribution is 5.83. The SMILES string of the molecule is CNC(=O)C(C)NCC(=O)NC(C)C. The van der Waals surface area contributed by atoms with Crippen LogP contribution in [0.5, 0.6) is 0 Å². The molecule has 0 saturated heterocycles. The maximum absolute atomic E-state index is 11.2. The van der Waals surface area contributed by atoms with Crippen molar-refractivity contribution in [1.29, 1.82) is 0 Å². The molecule has 0 aromatic rings. The first-order valence-corrected chi connectivity index (χ1v) is 4.71. The molecular weight excluding hydrogens is 182 g/mol. The molecule has 1 unspecified atom stereocenters.